The summed E-state index contributed by atoms with van der Waals surface area (Å²) in [5, 5.41) is 28.4. The molecule has 5 nitrogen and oxygen atoms in total. The van der Waals surface area contributed by atoms with Crippen LogP contribution in [-0.4, -0.2) is 33.7 Å². The topological polar surface area (TPSA) is 72.6 Å². The first kappa shape index (κ1) is 13.0. The standard InChI is InChI=1S/C13H12N4OS2/c1-8-7-20-13(16-8)11-10(18)6-17(12(11)14)15-5-9-3-2-4-19-9/h2-5,7,14,18H,6H2,1H3/b14-12?,15-5+. The lowest BCUT2D eigenvalue weighted by Crippen LogP contribution is -2.20. The summed E-state index contributed by atoms with van der Waals surface area (Å²) >= 11 is 3.00. The summed E-state index contributed by atoms with van der Waals surface area (Å²) in [6, 6.07) is 3.90. The average Bonchev–Trinajstić information content (AvgIpc) is 3.10. The monoisotopic (exact) mass is 304 g/mol. The zero-order valence-corrected chi connectivity index (χ0v) is 12.3. The van der Waals surface area contributed by atoms with Crippen LogP contribution in [0, 0.1) is 12.3 Å². The van der Waals surface area contributed by atoms with Crippen molar-refractivity contribution in [2.75, 3.05) is 6.54 Å². The van der Waals surface area contributed by atoms with Crippen LogP contribution in [0.3, 0.4) is 0 Å². The second kappa shape index (κ2) is 5.18. The molecule has 102 valence electrons. The molecule has 1 aliphatic heterocycles. The number of aliphatic hydroxyl groups excluding tert-OH is 1. The van der Waals surface area contributed by atoms with Crippen LogP contribution in [0.5, 0.6) is 0 Å². The molecule has 2 N–H and O–H groups in total. The van der Waals surface area contributed by atoms with E-state index in [1.165, 1.54) is 16.3 Å². The summed E-state index contributed by atoms with van der Waals surface area (Å²) in [5.74, 6) is 0.331. The van der Waals surface area contributed by atoms with Crippen molar-refractivity contribution in [2.24, 2.45) is 5.10 Å². The van der Waals surface area contributed by atoms with Gasteiger partial charge in [-0.25, -0.2) is 9.99 Å². The van der Waals surface area contributed by atoms with E-state index in [1.54, 1.807) is 17.6 Å². The zero-order valence-electron chi connectivity index (χ0n) is 10.7. The number of nitrogens with one attached hydrogen (secondary N) is 1. The minimum Gasteiger partial charge on any atom is -0.509 e. The normalized spacial score (nSPS) is 15.8. The predicted octanol–water partition coefficient (Wildman–Crippen LogP) is 3.11. The quantitative estimate of drug-likeness (QED) is 0.856. The lowest BCUT2D eigenvalue weighted by molar-refractivity contribution is 0.358. The number of hydrogen-bond acceptors (Lipinski definition) is 6. The zero-order chi connectivity index (χ0) is 14.1. The van der Waals surface area contributed by atoms with Gasteiger partial charge < -0.3 is 5.11 Å². The van der Waals surface area contributed by atoms with Crippen molar-refractivity contribution in [2.45, 2.75) is 6.92 Å². The largest absolute Gasteiger partial charge is 0.509 e. The molecule has 0 radical (unpaired) electrons. The molecule has 2 aromatic rings. The van der Waals surface area contributed by atoms with Crippen LogP contribution in [0.1, 0.15) is 15.6 Å². The Balaban J connectivity index is 1.82. The molecule has 20 heavy (non-hydrogen) atoms. The van der Waals surface area contributed by atoms with E-state index in [0.29, 0.717) is 10.6 Å². The van der Waals surface area contributed by atoms with Gasteiger partial charge in [0.25, 0.3) is 0 Å². The van der Waals surface area contributed by atoms with Gasteiger partial charge >= 0.3 is 0 Å². The molecule has 0 bridgehead atoms. The first-order valence-electron chi connectivity index (χ1n) is 5.93. The van der Waals surface area contributed by atoms with Crippen LogP contribution in [0.4, 0.5) is 0 Å². The number of thiophene rings is 1. The summed E-state index contributed by atoms with van der Waals surface area (Å²) < 4.78 is 0. The second-order valence-corrected chi connectivity index (χ2v) is 6.12. The van der Waals surface area contributed by atoms with E-state index in [1.807, 2.05) is 29.8 Å². The molecule has 0 aliphatic carbocycles. The van der Waals surface area contributed by atoms with E-state index in [4.69, 9.17) is 5.41 Å². The highest BCUT2D eigenvalue weighted by Crippen LogP contribution is 2.29. The van der Waals surface area contributed by atoms with Crippen molar-refractivity contribution in [3.63, 3.8) is 0 Å². The number of aromatic nitrogens is 1. The molecule has 7 heteroatoms. The number of aryl methyl sites for hydroxylation is 1. The first-order chi connectivity index (χ1) is 9.65. The van der Waals surface area contributed by atoms with Crippen LogP contribution >= 0.6 is 22.7 Å². The second-order valence-electron chi connectivity index (χ2n) is 4.28. The first-order valence-corrected chi connectivity index (χ1v) is 7.69. The highest BCUT2D eigenvalue weighted by Gasteiger charge is 2.29. The molecular formula is C13H12N4OS2. The maximum absolute atomic E-state index is 10.0. The molecule has 0 spiro atoms. The third-order valence-electron chi connectivity index (χ3n) is 2.78. The fourth-order valence-electron chi connectivity index (χ4n) is 1.85. The lowest BCUT2D eigenvalue weighted by atomic mass is 10.2. The number of aliphatic hydroxyl groups is 1. The van der Waals surface area contributed by atoms with E-state index >= 15 is 0 Å². The Morgan fingerprint density at radius 3 is 3.00 bits per heavy atom. The number of thiazole rings is 1. The van der Waals surface area contributed by atoms with Crippen LogP contribution in [0.2, 0.25) is 0 Å². The summed E-state index contributed by atoms with van der Waals surface area (Å²) in [4.78, 5) is 5.33. The molecular weight excluding hydrogens is 292 g/mol. The van der Waals surface area contributed by atoms with Crippen LogP contribution in [0.15, 0.2) is 33.8 Å². The molecule has 3 heterocycles. The molecule has 0 fully saturated rings. The Hall–Kier alpha value is -1.99. The predicted molar refractivity (Wildman–Crippen MR) is 82.7 cm³/mol. The van der Waals surface area contributed by atoms with E-state index < -0.39 is 0 Å². The van der Waals surface area contributed by atoms with E-state index in [-0.39, 0.29) is 18.1 Å². The molecule has 0 saturated heterocycles. The lowest BCUT2D eigenvalue weighted by Gasteiger charge is -2.10. The molecule has 0 unspecified atom stereocenters. The van der Waals surface area contributed by atoms with Crippen molar-refractivity contribution >= 4 is 40.3 Å². The third-order valence-corrected chi connectivity index (χ3v) is 4.57. The van der Waals surface area contributed by atoms with Crippen LogP contribution in [0.25, 0.3) is 5.57 Å². The number of rotatable bonds is 3. The highest BCUT2D eigenvalue weighted by atomic mass is 32.1. The Labute approximate surface area is 124 Å². The third kappa shape index (κ3) is 2.37. The molecule has 0 amide bonds. The van der Waals surface area contributed by atoms with E-state index in [2.05, 4.69) is 10.1 Å². The maximum atomic E-state index is 10.0. The fourth-order valence-corrected chi connectivity index (χ4v) is 3.29. The molecule has 0 aromatic carbocycles. The van der Waals surface area contributed by atoms with Gasteiger partial charge in [-0.3, -0.25) is 5.41 Å². The number of nitrogens with zero attached hydrogens (tertiary/aromatic N) is 3. The summed E-state index contributed by atoms with van der Waals surface area (Å²) in [6.45, 7) is 2.11. The van der Waals surface area contributed by atoms with Gasteiger partial charge in [0.1, 0.15) is 17.3 Å². The number of amidine groups is 1. The Morgan fingerprint density at radius 1 is 1.50 bits per heavy atom. The minimum absolute atomic E-state index is 0.146. The van der Waals surface area contributed by atoms with Crippen molar-refractivity contribution in [3.05, 3.63) is 44.2 Å². The van der Waals surface area contributed by atoms with Gasteiger partial charge in [-0.1, -0.05) is 6.07 Å². The van der Waals surface area contributed by atoms with Gasteiger partial charge in [-0.15, -0.1) is 22.7 Å². The average molecular weight is 304 g/mol. The fraction of sp³-hybridized carbons (Fsp3) is 0.154. The van der Waals surface area contributed by atoms with Gasteiger partial charge in [-0.05, 0) is 18.4 Å². The molecule has 0 saturated carbocycles. The SMILES string of the molecule is Cc1csc(C2=C(O)CN(/N=C/c3cccs3)C2=N)n1. The van der Waals surface area contributed by atoms with Crippen LogP contribution < -0.4 is 0 Å². The Kier molecular flexibility index (Phi) is 3.37. The van der Waals surface area contributed by atoms with Crippen molar-refractivity contribution in [3.8, 4) is 0 Å². The maximum Gasteiger partial charge on any atom is 0.155 e. The Morgan fingerprint density at radius 2 is 2.35 bits per heavy atom. The molecule has 0 atom stereocenters. The van der Waals surface area contributed by atoms with Gasteiger partial charge in [-0.2, -0.15) is 5.10 Å². The van der Waals surface area contributed by atoms with E-state index in [9.17, 15) is 5.11 Å². The van der Waals surface area contributed by atoms with Gasteiger partial charge in [0.2, 0.25) is 0 Å². The van der Waals surface area contributed by atoms with E-state index in [0.717, 1.165) is 10.6 Å². The number of hydrogen-bond donors (Lipinski definition) is 2. The summed E-state index contributed by atoms with van der Waals surface area (Å²) in [5.41, 5.74) is 1.37. The van der Waals surface area contributed by atoms with Crippen molar-refractivity contribution < 1.29 is 5.11 Å². The van der Waals surface area contributed by atoms with Gasteiger partial charge in [0, 0.05) is 16.0 Å². The molecule has 2 aromatic heterocycles. The molecule has 1 aliphatic rings. The van der Waals surface area contributed by atoms with Crippen molar-refractivity contribution in [1.29, 1.82) is 5.41 Å². The van der Waals surface area contributed by atoms with Gasteiger partial charge in [0.15, 0.2) is 5.84 Å². The highest BCUT2D eigenvalue weighted by molar-refractivity contribution is 7.11. The summed E-state index contributed by atoms with van der Waals surface area (Å²) in [6.07, 6.45) is 1.70. The molecule has 3 rings (SSSR count). The van der Waals surface area contributed by atoms with Gasteiger partial charge in [0.05, 0.1) is 11.8 Å². The number of hydrazone groups is 1. The van der Waals surface area contributed by atoms with Crippen molar-refractivity contribution in [1.82, 2.24) is 9.99 Å². The smallest absolute Gasteiger partial charge is 0.155 e. The Bertz CT molecular complexity index is 700. The summed E-state index contributed by atoms with van der Waals surface area (Å²) in [7, 11) is 0. The minimum atomic E-state index is 0.146. The van der Waals surface area contributed by atoms with Crippen LogP contribution in [-0.2, 0) is 0 Å².